The first-order valence-corrected chi connectivity index (χ1v) is 8.32. The molecule has 2 aromatic heterocycles. The number of pyridine rings is 1. The highest BCUT2D eigenvalue weighted by Gasteiger charge is 2.40. The summed E-state index contributed by atoms with van der Waals surface area (Å²) in [6, 6.07) is 3.08. The normalized spacial score (nSPS) is 22.1. The van der Waals surface area contributed by atoms with Crippen molar-refractivity contribution in [2.75, 3.05) is 6.54 Å². The Morgan fingerprint density at radius 1 is 1.42 bits per heavy atom. The van der Waals surface area contributed by atoms with Crippen LogP contribution in [0.5, 0.6) is 0 Å². The molecule has 0 aliphatic carbocycles. The third kappa shape index (κ3) is 2.88. The van der Waals surface area contributed by atoms with Crippen LogP contribution in [0, 0.1) is 5.41 Å². The molecule has 1 saturated heterocycles. The monoisotopic (exact) mass is 352 g/mol. The van der Waals surface area contributed by atoms with Gasteiger partial charge in [-0.15, -0.1) is 0 Å². The van der Waals surface area contributed by atoms with Gasteiger partial charge in [0.05, 0.1) is 5.52 Å². The van der Waals surface area contributed by atoms with Gasteiger partial charge >= 0.3 is 11.8 Å². The molecule has 1 amide bonds. The second-order valence-corrected chi connectivity index (χ2v) is 7.73. The number of carboxylic acid groups (broad SMARTS) is 1. The van der Waals surface area contributed by atoms with Crippen LogP contribution in [-0.4, -0.2) is 43.2 Å². The number of carbonyl (C=O) groups is 1. The van der Waals surface area contributed by atoms with E-state index in [1.54, 1.807) is 16.7 Å². The molecule has 8 heteroatoms. The number of halogens is 1. The summed E-state index contributed by atoms with van der Waals surface area (Å²) in [6.07, 6.45) is 0.220. The molecule has 0 spiro atoms. The van der Waals surface area contributed by atoms with E-state index >= 15 is 0 Å². The Hall–Kier alpha value is -2.02. The van der Waals surface area contributed by atoms with E-state index in [9.17, 15) is 14.7 Å². The van der Waals surface area contributed by atoms with Gasteiger partial charge in [-0.25, -0.2) is 14.6 Å². The molecule has 130 valence electrons. The summed E-state index contributed by atoms with van der Waals surface area (Å²) in [5, 5.41) is 9.80. The molecule has 2 N–H and O–H groups in total. The minimum absolute atomic E-state index is 0.114. The molecule has 0 saturated carbocycles. The van der Waals surface area contributed by atoms with Crippen molar-refractivity contribution in [3.63, 3.8) is 0 Å². The van der Waals surface area contributed by atoms with Crippen LogP contribution in [0.2, 0.25) is 5.15 Å². The highest BCUT2D eigenvalue weighted by Crippen LogP contribution is 2.37. The fourth-order valence-electron chi connectivity index (χ4n) is 3.55. The number of H-pyrrole nitrogens is 1. The lowest BCUT2D eigenvalue weighted by Gasteiger charge is -2.44. The van der Waals surface area contributed by atoms with Gasteiger partial charge in [-0.3, -0.25) is 4.57 Å². The fraction of sp³-hybridized carbons (Fsp3) is 0.562. The summed E-state index contributed by atoms with van der Waals surface area (Å²) < 4.78 is 1.62. The van der Waals surface area contributed by atoms with Gasteiger partial charge in [-0.05, 0) is 30.4 Å². The smallest absolute Gasteiger partial charge is 0.407 e. The van der Waals surface area contributed by atoms with Gasteiger partial charge in [0.2, 0.25) is 0 Å². The van der Waals surface area contributed by atoms with E-state index in [2.05, 4.69) is 9.97 Å². The number of amides is 1. The van der Waals surface area contributed by atoms with Crippen LogP contribution in [0.1, 0.15) is 39.7 Å². The molecule has 3 heterocycles. The first kappa shape index (κ1) is 16.8. The van der Waals surface area contributed by atoms with Crippen LogP contribution in [-0.2, 0) is 0 Å². The average molecular weight is 353 g/mol. The summed E-state index contributed by atoms with van der Waals surface area (Å²) in [7, 11) is 0. The number of nitrogens with one attached hydrogen (secondary N) is 1. The van der Waals surface area contributed by atoms with Gasteiger partial charge in [-0.1, -0.05) is 32.4 Å². The van der Waals surface area contributed by atoms with Crippen molar-refractivity contribution in [1.82, 2.24) is 19.4 Å². The molecule has 0 radical (unpaired) electrons. The number of rotatable bonds is 1. The van der Waals surface area contributed by atoms with E-state index in [0.29, 0.717) is 35.7 Å². The SMILES string of the molecule is CC(C)(C)C1CC(n2c(=O)[nH]c3ccc(Cl)nc32)CCN1C(=O)O. The zero-order chi connectivity index (χ0) is 17.6. The van der Waals surface area contributed by atoms with Gasteiger partial charge in [0.15, 0.2) is 5.65 Å². The van der Waals surface area contributed by atoms with Crippen molar-refractivity contribution in [2.45, 2.75) is 45.7 Å². The van der Waals surface area contributed by atoms with Crippen LogP contribution < -0.4 is 5.69 Å². The topological polar surface area (TPSA) is 91.2 Å². The molecule has 0 aromatic carbocycles. The third-order valence-electron chi connectivity index (χ3n) is 4.72. The average Bonchev–Trinajstić information content (AvgIpc) is 2.80. The van der Waals surface area contributed by atoms with E-state index in [1.807, 2.05) is 20.8 Å². The Kier molecular flexibility index (Phi) is 4.07. The summed E-state index contributed by atoms with van der Waals surface area (Å²) in [5.74, 6) is 0. The van der Waals surface area contributed by atoms with Gasteiger partial charge in [-0.2, -0.15) is 0 Å². The summed E-state index contributed by atoms with van der Waals surface area (Å²) in [5.41, 5.74) is 0.699. The lowest BCUT2D eigenvalue weighted by atomic mass is 9.79. The standard InChI is InChI=1S/C16H21ClN4O3/c1-16(2,3)11-8-9(6-7-20(11)15(23)24)21-13-10(18-14(21)22)4-5-12(17)19-13/h4-5,9,11H,6-8H2,1-3H3,(H,18,22)(H,23,24). The molecule has 7 nitrogen and oxygen atoms in total. The lowest BCUT2D eigenvalue weighted by molar-refractivity contribution is 0.0429. The molecule has 1 fully saturated rings. The van der Waals surface area contributed by atoms with Crippen LogP contribution in [0.3, 0.4) is 0 Å². The minimum atomic E-state index is -0.916. The molecule has 2 unspecified atom stereocenters. The number of hydrogen-bond donors (Lipinski definition) is 2. The van der Waals surface area contributed by atoms with Crippen LogP contribution >= 0.6 is 11.6 Å². The van der Waals surface area contributed by atoms with Crippen molar-refractivity contribution in [3.05, 3.63) is 27.8 Å². The van der Waals surface area contributed by atoms with Crippen LogP contribution in [0.25, 0.3) is 11.2 Å². The van der Waals surface area contributed by atoms with E-state index in [1.165, 1.54) is 4.90 Å². The molecule has 2 aromatic rings. The lowest BCUT2D eigenvalue weighted by Crippen LogP contribution is -2.52. The predicted octanol–water partition coefficient (Wildman–Crippen LogP) is 3.11. The van der Waals surface area contributed by atoms with E-state index in [-0.39, 0.29) is 23.2 Å². The number of aromatic nitrogens is 3. The maximum atomic E-state index is 12.4. The highest BCUT2D eigenvalue weighted by atomic mass is 35.5. The zero-order valence-electron chi connectivity index (χ0n) is 13.9. The molecular weight excluding hydrogens is 332 g/mol. The molecule has 0 bridgehead atoms. The predicted molar refractivity (Wildman–Crippen MR) is 91.6 cm³/mol. The molecule has 1 aliphatic rings. The Morgan fingerprint density at radius 3 is 2.75 bits per heavy atom. The summed E-state index contributed by atoms with van der Waals surface area (Å²) >= 11 is 5.98. The Labute approximate surface area is 144 Å². The fourth-order valence-corrected chi connectivity index (χ4v) is 3.69. The second-order valence-electron chi connectivity index (χ2n) is 7.34. The Bertz CT molecular complexity index is 836. The quantitative estimate of drug-likeness (QED) is 0.771. The molecule has 2 atom stereocenters. The minimum Gasteiger partial charge on any atom is -0.465 e. The second kappa shape index (κ2) is 5.81. The first-order chi connectivity index (χ1) is 11.2. The van der Waals surface area contributed by atoms with Crippen molar-refractivity contribution >= 4 is 28.9 Å². The van der Waals surface area contributed by atoms with Crippen LogP contribution in [0.15, 0.2) is 16.9 Å². The number of fused-ring (bicyclic) bond motifs is 1. The van der Waals surface area contributed by atoms with Crippen molar-refractivity contribution < 1.29 is 9.90 Å². The van der Waals surface area contributed by atoms with Crippen molar-refractivity contribution in [2.24, 2.45) is 5.41 Å². The van der Waals surface area contributed by atoms with Gasteiger partial charge in [0, 0.05) is 18.6 Å². The summed E-state index contributed by atoms with van der Waals surface area (Å²) in [6.45, 7) is 6.44. The molecule has 1 aliphatic heterocycles. The molecule has 3 rings (SSSR count). The number of hydrogen-bond acceptors (Lipinski definition) is 3. The van der Waals surface area contributed by atoms with Gasteiger partial charge in [0.1, 0.15) is 5.15 Å². The number of aromatic amines is 1. The Morgan fingerprint density at radius 2 is 2.12 bits per heavy atom. The first-order valence-electron chi connectivity index (χ1n) is 7.95. The van der Waals surface area contributed by atoms with Gasteiger partial charge in [0.25, 0.3) is 0 Å². The zero-order valence-corrected chi connectivity index (χ0v) is 14.7. The van der Waals surface area contributed by atoms with Crippen molar-refractivity contribution in [3.8, 4) is 0 Å². The number of piperidine rings is 1. The van der Waals surface area contributed by atoms with Crippen LogP contribution in [0.4, 0.5) is 4.79 Å². The van der Waals surface area contributed by atoms with E-state index in [4.69, 9.17) is 11.6 Å². The highest BCUT2D eigenvalue weighted by molar-refractivity contribution is 6.29. The largest absolute Gasteiger partial charge is 0.465 e. The molecule has 24 heavy (non-hydrogen) atoms. The molecular formula is C16H21ClN4O3. The van der Waals surface area contributed by atoms with E-state index in [0.717, 1.165) is 0 Å². The number of nitrogens with zero attached hydrogens (tertiary/aromatic N) is 3. The third-order valence-corrected chi connectivity index (χ3v) is 4.93. The van der Waals surface area contributed by atoms with E-state index < -0.39 is 6.09 Å². The maximum Gasteiger partial charge on any atom is 0.407 e. The maximum absolute atomic E-state index is 12.4. The van der Waals surface area contributed by atoms with Gasteiger partial charge < -0.3 is 15.0 Å². The number of imidazole rings is 1. The Balaban J connectivity index is 2.02. The summed E-state index contributed by atoms with van der Waals surface area (Å²) in [4.78, 5) is 32.5. The van der Waals surface area contributed by atoms with Crippen molar-refractivity contribution in [1.29, 1.82) is 0 Å². The number of likely N-dealkylation sites (tertiary alicyclic amines) is 1.